The molecule has 1 aromatic rings. The molecule has 0 aliphatic carbocycles. The van der Waals surface area contributed by atoms with Gasteiger partial charge in [0, 0.05) is 12.6 Å². The molecule has 0 bridgehead atoms. The highest BCUT2D eigenvalue weighted by Gasteiger charge is 2.31. The molecule has 1 saturated heterocycles. The molecule has 1 aliphatic heterocycles. The zero-order valence-corrected chi connectivity index (χ0v) is 12.1. The highest BCUT2D eigenvalue weighted by molar-refractivity contribution is 7.89. The summed E-state index contributed by atoms with van der Waals surface area (Å²) in [6.45, 7) is 6.44. The van der Waals surface area contributed by atoms with Crippen LogP contribution in [-0.4, -0.2) is 25.3 Å². The van der Waals surface area contributed by atoms with E-state index in [9.17, 15) is 8.42 Å². The Labute approximate surface area is 110 Å². The quantitative estimate of drug-likeness (QED) is 0.826. The normalized spacial score (nSPS) is 22.1. The van der Waals surface area contributed by atoms with Crippen molar-refractivity contribution in [2.45, 2.75) is 51.0 Å². The summed E-state index contributed by atoms with van der Waals surface area (Å²) in [5.41, 5.74) is 1.82. The van der Waals surface area contributed by atoms with Gasteiger partial charge in [-0.1, -0.05) is 18.6 Å². The Morgan fingerprint density at radius 3 is 2.61 bits per heavy atom. The molecule has 1 aromatic carbocycles. The first-order valence-electron chi connectivity index (χ1n) is 6.52. The van der Waals surface area contributed by atoms with Crippen molar-refractivity contribution in [2.75, 3.05) is 6.54 Å². The third-order valence-corrected chi connectivity index (χ3v) is 5.83. The van der Waals surface area contributed by atoms with Gasteiger partial charge in [0.05, 0.1) is 4.90 Å². The van der Waals surface area contributed by atoms with Gasteiger partial charge in [-0.15, -0.1) is 0 Å². The topological polar surface area (TPSA) is 37.4 Å². The SMILES string of the molecule is Cc1ccc(C)c(S(=O)(=O)N2CCCCC2C)c1. The predicted octanol–water partition coefficient (Wildman–Crippen LogP) is 2.87. The number of hydrogen-bond acceptors (Lipinski definition) is 2. The van der Waals surface area contributed by atoms with Gasteiger partial charge in [0.25, 0.3) is 0 Å². The number of hydrogen-bond donors (Lipinski definition) is 0. The summed E-state index contributed by atoms with van der Waals surface area (Å²) in [6.07, 6.45) is 3.05. The number of sulfonamides is 1. The molecule has 100 valence electrons. The summed E-state index contributed by atoms with van der Waals surface area (Å²) < 4.78 is 27.1. The van der Waals surface area contributed by atoms with E-state index in [0.717, 1.165) is 30.4 Å². The molecule has 0 amide bonds. The molecule has 0 radical (unpaired) electrons. The largest absolute Gasteiger partial charge is 0.243 e. The van der Waals surface area contributed by atoms with Crippen LogP contribution in [-0.2, 0) is 10.0 Å². The van der Waals surface area contributed by atoms with Crippen LogP contribution in [0.1, 0.15) is 37.3 Å². The van der Waals surface area contributed by atoms with Crippen LogP contribution in [0.3, 0.4) is 0 Å². The lowest BCUT2D eigenvalue weighted by Crippen LogP contribution is -2.42. The molecule has 1 unspecified atom stereocenters. The highest BCUT2D eigenvalue weighted by Crippen LogP contribution is 2.27. The molecule has 2 rings (SSSR count). The molecule has 4 heteroatoms. The molecule has 1 aliphatic rings. The van der Waals surface area contributed by atoms with Crippen molar-refractivity contribution in [3.63, 3.8) is 0 Å². The molecule has 18 heavy (non-hydrogen) atoms. The standard InChI is InChI=1S/C14H21NO2S/c1-11-7-8-12(2)14(10-11)18(16,17)15-9-5-4-6-13(15)3/h7-8,10,13H,4-6,9H2,1-3H3. The molecular formula is C14H21NO2S. The maximum absolute atomic E-state index is 12.7. The van der Waals surface area contributed by atoms with Gasteiger partial charge in [0.1, 0.15) is 0 Å². The Hall–Kier alpha value is -0.870. The molecule has 1 heterocycles. The van der Waals surface area contributed by atoms with Crippen LogP contribution in [0.5, 0.6) is 0 Å². The van der Waals surface area contributed by atoms with Crippen LogP contribution in [0.25, 0.3) is 0 Å². The lowest BCUT2D eigenvalue weighted by atomic mass is 10.1. The van der Waals surface area contributed by atoms with Crippen LogP contribution in [0.2, 0.25) is 0 Å². The predicted molar refractivity (Wildman–Crippen MR) is 73.1 cm³/mol. The van der Waals surface area contributed by atoms with E-state index >= 15 is 0 Å². The summed E-state index contributed by atoms with van der Waals surface area (Å²) in [5.74, 6) is 0. The van der Waals surface area contributed by atoms with Gasteiger partial charge in [-0.2, -0.15) is 4.31 Å². The fourth-order valence-electron chi connectivity index (χ4n) is 2.54. The van der Waals surface area contributed by atoms with Gasteiger partial charge in [0.15, 0.2) is 0 Å². The van der Waals surface area contributed by atoms with E-state index in [1.165, 1.54) is 0 Å². The number of piperidine rings is 1. The van der Waals surface area contributed by atoms with Crippen molar-refractivity contribution in [2.24, 2.45) is 0 Å². The highest BCUT2D eigenvalue weighted by atomic mass is 32.2. The lowest BCUT2D eigenvalue weighted by Gasteiger charge is -2.32. The van der Waals surface area contributed by atoms with E-state index in [1.807, 2.05) is 32.9 Å². The fraction of sp³-hybridized carbons (Fsp3) is 0.571. The monoisotopic (exact) mass is 267 g/mol. The van der Waals surface area contributed by atoms with Crippen molar-refractivity contribution in [3.8, 4) is 0 Å². The van der Waals surface area contributed by atoms with Crippen molar-refractivity contribution in [1.29, 1.82) is 0 Å². The number of aryl methyl sites for hydroxylation is 2. The summed E-state index contributed by atoms with van der Waals surface area (Å²) >= 11 is 0. The lowest BCUT2D eigenvalue weighted by molar-refractivity contribution is 0.268. The minimum Gasteiger partial charge on any atom is -0.207 e. The molecule has 1 fully saturated rings. The zero-order valence-electron chi connectivity index (χ0n) is 11.3. The van der Waals surface area contributed by atoms with E-state index in [0.29, 0.717) is 11.4 Å². The van der Waals surface area contributed by atoms with E-state index in [-0.39, 0.29) is 6.04 Å². The first kappa shape index (κ1) is 13.6. The Balaban J connectivity index is 2.44. The van der Waals surface area contributed by atoms with Gasteiger partial charge < -0.3 is 0 Å². The third-order valence-electron chi connectivity index (χ3n) is 3.67. The Morgan fingerprint density at radius 2 is 1.94 bits per heavy atom. The summed E-state index contributed by atoms with van der Waals surface area (Å²) in [5, 5.41) is 0. The van der Waals surface area contributed by atoms with Crippen LogP contribution >= 0.6 is 0 Å². The van der Waals surface area contributed by atoms with Gasteiger partial charge >= 0.3 is 0 Å². The van der Waals surface area contributed by atoms with Gasteiger partial charge in [-0.3, -0.25) is 0 Å². The molecule has 3 nitrogen and oxygen atoms in total. The second-order valence-corrected chi connectivity index (χ2v) is 7.09. The fourth-order valence-corrected chi connectivity index (χ4v) is 4.55. The van der Waals surface area contributed by atoms with Crippen molar-refractivity contribution >= 4 is 10.0 Å². The molecular weight excluding hydrogens is 246 g/mol. The van der Waals surface area contributed by atoms with Gasteiger partial charge in [-0.25, -0.2) is 8.42 Å². The minimum atomic E-state index is -3.33. The second-order valence-electron chi connectivity index (χ2n) is 5.23. The maximum atomic E-state index is 12.7. The second kappa shape index (κ2) is 5.02. The number of benzene rings is 1. The van der Waals surface area contributed by atoms with Crippen LogP contribution < -0.4 is 0 Å². The number of rotatable bonds is 2. The minimum absolute atomic E-state index is 0.115. The first-order chi connectivity index (χ1) is 8.43. The van der Waals surface area contributed by atoms with Crippen molar-refractivity contribution in [1.82, 2.24) is 4.31 Å². The van der Waals surface area contributed by atoms with E-state index < -0.39 is 10.0 Å². The van der Waals surface area contributed by atoms with E-state index in [2.05, 4.69) is 0 Å². The van der Waals surface area contributed by atoms with Gasteiger partial charge in [0.2, 0.25) is 10.0 Å². The first-order valence-corrected chi connectivity index (χ1v) is 7.96. The van der Waals surface area contributed by atoms with Gasteiger partial charge in [-0.05, 0) is 50.8 Å². The van der Waals surface area contributed by atoms with Crippen LogP contribution in [0.4, 0.5) is 0 Å². The smallest absolute Gasteiger partial charge is 0.207 e. The Morgan fingerprint density at radius 1 is 1.22 bits per heavy atom. The summed E-state index contributed by atoms with van der Waals surface area (Å²) in [6, 6.07) is 5.74. The van der Waals surface area contributed by atoms with E-state index in [4.69, 9.17) is 0 Å². The molecule has 0 saturated carbocycles. The Bertz CT molecular complexity index is 537. The molecule has 0 aromatic heterocycles. The molecule has 1 atom stereocenters. The van der Waals surface area contributed by atoms with Crippen molar-refractivity contribution < 1.29 is 8.42 Å². The molecule has 0 spiro atoms. The number of nitrogens with zero attached hydrogens (tertiary/aromatic N) is 1. The van der Waals surface area contributed by atoms with Crippen molar-refractivity contribution in [3.05, 3.63) is 29.3 Å². The maximum Gasteiger partial charge on any atom is 0.243 e. The molecule has 0 N–H and O–H groups in total. The zero-order chi connectivity index (χ0) is 13.3. The summed E-state index contributed by atoms with van der Waals surface area (Å²) in [7, 11) is -3.33. The summed E-state index contributed by atoms with van der Waals surface area (Å²) in [4.78, 5) is 0.469. The van der Waals surface area contributed by atoms with E-state index in [1.54, 1.807) is 10.4 Å². The average molecular weight is 267 g/mol. The average Bonchev–Trinajstić information content (AvgIpc) is 2.32. The van der Waals surface area contributed by atoms with Crippen LogP contribution in [0, 0.1) is 13.8 Å². The third kappa shape index (κ3) is 2.45. The Kier molecular flexibility index (Phi) is 3.78. The van der Waals surface area contributed by atoms with Crippen LogP contribution in [0.15, 0.2) is 23.1 Å².